The molecule has 1 aliphatic rings. The zero-order valence-corrected chi connectivity index (χ0v) is 10.4. The molecule has 1 fully saturated rings. The molecule has 1 heterocycles. The Morgan fingerprint density at radius 2 is 2.19 bits per heavy atom. The van der Waals surface area contributed by atoms with Gasteiger partial charge in [0, 0.05) is 31.5 Å². The second-order valence-corrected chi connectivity index (χ2v) is 4.97. The summed E-state index contributed by atoms with van der Waals surface area (Å²) in [6.07, 6.45) is 12.6. The molecule has 90 valence electrons. The molecular formula is C14H24N2. The maximum absolute atomic E-state index is 3.55. The zero-order chi connectivity index (χ0) is 11.2. The summed E-state index contributed by atoms with van der Waals surface area (Å²) >= 11 is 0. The Hall–Kier alpha value is -0.760. The van der Waals surface area contributed by atoms with Crippen LogP contribution in [0.25, 0.3) is 0 Å². The fraction of sp³-hybridized carbons (Fsp3) is 0.714. The minimum atomic E-state index is 0.813. The van der Waals surface area contributed by atoms with Gasteiger partial charge in [0.1, 0.15) is 0 Å². The Morgan fingerprint density at radius 1 is 1.31 bits per heavy atom. The zero-order valence-electron chi connectivity index (χ0n) is 10.4. The molecule has 1 aromatic rings. The van der Waals surface area contributed by atoms with Crippen LogP contribution in [0, 0.1) is 0 Å². The quantitative estimate of drug-likeness (QED) is 0.665. The van der Waals surface area contributed by atoms with Gasteiger partial charge in [0.2, 0.25) is 0 Å². The molecule has 0 spiro atoms. The molecule has 0 saturated heterocycles. The van der Waals surface area contributed by atoms with Crippen molar-refractivity contribution in [1.29, 1.82) is 0 Å². The first kappa shape index (κ1) is 11.7. The van der Waals surface area contributed by atoms with Crippen molar-refractivity contribution in [1.82, 2.24) is 9.88 Å². The standard InChI is InChI=1S/C14H24N2/c1-2-3-4-5-9-16-10-8-13(12-16)11-15-14-6-7-14/h8,10,12,14-15H,2-7,9,11H2,1H3. The van der Waals surface area contributed by atoms with Crippen LogP contribution < -0.4 is 5.32 Å². The van der Waals surface area contributed by atoms with E-state index in [1.54, 1.807) is 0 Å². The molecule has 0 bridgehead atoms. The van der Waals surface area contributed by atoms with Crippen LogP contribution in [-0.4, -0.2) is 10.6 Å². The van der Waals surface area contributed by atoms with Gasteiger partial charge in [-0.05, 0) is 30.9 Å². The van der Waals surface area contributed by atoms with Crippen molar-refractivity contribution in [2.24, 2.45) is 0 Å². The summed E-state index contributed by atoms with van der Waals surface area (Å²) in [5.74, 6) is 0. The predicted octanol–water partition coefficient (Wildman–Crippen LogP) is 3.32. The minimum Gasteiger partial charge on any atom is -0.354 e. The third kappa shape index (κ3) is 4.01. The van der Waals surface area contributed by atoms with E-state index in [9.17, 15) is 0 Å². The smallest absolute Gasteiger partial charge is 0.0223 e. The highest BCUT2D eigenvalue weighted by molar-refractivity contribution is 5.10. The number of hydrogen-bond acceptors (Lipinski definition) is 1. The Bertz CT molecular complexity index is 299. The topological polar surface area (TPSA) is 17.0 Å². The van der Waals surface area contributed by atoms with E-state index in [-0.39, 0.29) is 0 Å². The van der Waals surface area contributed by atoms with E-state index in [0.29, 0.717) is 0 Å². The average molecular weight is 220 g/mol. The van der Waals surface area contributed by atoms with Gasteiger partial charge in [-0.2, -0.15) is 0 Å². The molecular weight excluding hydrogens is 196 g/mol. The molecule has 0 amide bonds. The lowest BCUT2D eigenvalue weighted by Gasteiger charge is -2.02. The van der Waals surface area contributed by atoms with Crippen LogP contribution in [0.4, 0.5) is 0 Å². The van der Waals surface area contributed by atoms with Gasteiger partial charge in [-0.3, -0.25) is 0 Å². The third-order valence-corrected chi connectivity index (χ3v) is 3.25. The second-order valence-electron chi connectivity index (χ2n) is 4.97. The second kappa shape index (κ2) is 6.09. The van der Waals surface area contributed by atoms with Crippen LogP contribution in [0.5, 0.6) is 0 Å². The molecule has 1 aromatic heterocycles. The van der Waals surface area contributed by atoms with E-state index < -0.39 is 0 Å². The van der Waals surface area contributed by atoms with Crippen molar-refractivity contribution in [3.8, 4) is 0 Å². The lowest BCUT2D eigenvalue weighted by Crippen LogP contribution is -2.14. The third-order valence-electron chi connectivity index (χ3n) is 3.25. The van der Waals surface area contributed by atoms with Crippen molar-refractivity contribution >= 4 is 0 Å². The molecule has 0 radical (unpaired) electrons. The highest BCUT2D eigenvalue weighted by Gasteiger charge is 2.19. The number of nitrogens with zero attached hydrogens (tertiary/aromatic N) is 1. The van der Waals surface area contributed by atoms with Crippen LogP contribution in [0.15, 0.2) is 18.5 Å². The molecule has 0 unspecified atom stereocenters. The number of aromatic nitrogens is 1. The highest BCUT2D eigenvalue weighted by Crippen LogP contribution is 2.19. The summed E-state index contributed by atoms with van der Waals surface area (Å²) < 4.78 is 2.33. The molecule has 2 rings (SSSR count). The first-order chi connectivity index (χ1) is 7.88. The maximum Gasteiger partial charge on any atom is 0.0223 e. The van der Waals surface area contributed by atoms with Gasteiger partial charge in [0.25, 0.3) is 0 Å². The Kier molecular flexibility index (Phi) is 4.46. The van der Waals surface area contributed by atoms with Crippen molar-refractivity contribution in [3.05, 3.63) is 24.0 Å². The molecule has 16 heavy (non-hydrogen) atoms. The fourth-order valence-electron chi connectivity index (χ4n) is 2.00. The maximum atomic E-state index is 3.55. The first-order valence-corrected chi connectivity index (χ1v) is 6.76. The number of aryl methyl sites for hydroxylation is 1. The fourth-order valence-corrected chi connectivity index (χ4v) is 2.00. The Morgan fingerprint density at radius 3 is 2.94 bits per heavy atom. The highest BCUT2D eigenvalue weighted by atomic mass is 15.0. The molecule has 0 aliphatic heterocycles. The number of hydrogen-bond donors (Lipinski definition) is 1. The van der Waals surface area contributed by atoms with E-state index in [4.69, 9.17) is 0 Å². The van der Waals surface area contributed by atoms with E-state index in [2.05, 4.69) is 35.3 Å². The van der Waals surface area contributed by atoms with Crippen molar-refractivity contribution in [2.75, 3.05) is 0 Å². The molecule has 1 aliphatic carbocycles. The van der Waals surface area contributed by atoms with Gasteiger partial charge in [-0.15, -0.1) is 0 Å². The normalized spacial score (nSPS) is 15.6. The lowest BCUT2D eigenvalue weighted by atomic mass is 10.2. The number of rotatable bonds is 8. The van der Waals surface area contributed by atoms with Gasteiger partial charge >= 0.3 is 0 Å². The van der Waals surface area contributed by atoms with Gasteiger partial charge in [0.15, 0.2) is 0 Å². The predicted molar refractivity (Wildman–Crippen MR) is 68.4 cm³/mol. The molecule has 0 atom stereocenters. The lowest BCUT2D eigenvalue weighted by molar-refractivity contribution is 0.582. The molecule has 2 nitrogen and oxygen atoms in total. The summed E-state index contributed by atoms with van der Waals surface area (Å²) in [5.41, 5.74) is 1.43. The number of unbranched alkanes of at least 4 members (excludes halogenated alkanes) is 3. The first-order valence-electron chi connectivity index (χ1n) is 6.76. The minimum absolute atomic E-state index is 0.813. The van der Waals surface area contributed by atoms with Crippen LogP contribution in [0.2, 0.25) is 0 Å². The van der Waals surface area contributed by atoms with E-state index in [1.807, 2.05) is 0 Å². The van der Waals surface area contributed by atoms with Crippen LogP contribution in [0.3, 0.4) is 0 Å². The van der Waals surface area contributed by atoms with Gasteiger partial charge in [0.05, 0.1) is 0 Å². The van der Waals surface area contributed by atoms with Gasteiger partial charge in [-0.1, -0.05) is 26.2 Å². The van der Waals surface area contributed by atoms with Crippen LogP contribution >= 0.6 is 0 Å². The summed E-state index contributed by atoms with van der Waals surface area (Å²) in [7, 11) is 0. The molecule has 1 N–H and O–H groups in total. The van der Waals surface area contributed by atoms with Crippen molar-refractivity contribution in [3.63, 3.8) is 0 Å². The molecule has 2 heteroatoms. The summed E-state index contributed by atoms with van der Waals surface area (Å²) in [5, 5.41) is 3.55. The summed E-state index contributed by atoms with van der Waals surface area (Å²) in [4.78, 5) is 0. The largest absolute Gasteiger partial charge is 0.354 e. The van der Waals surface area contributed by atoms with E-state index in [1.165, 1.54) is 50.6 Å². The van der Waals surface area contributed by atoms with Gasteiger partial charge in [-0.25, -0.2) is 0 Å². The van der Waals surface area contributed by atoms with Gasteiger partial charge < -0.3 is 9.88 Å². The van der Waals surface area contributed by atoms with E-state index >= 15 is 0 Å². The summed E-state index contributed by atoms with van der Waals surface area (Å²) in [6, 6.07) is 3.06. The van der Waals surface area contributed by atoms with Crippen molar-refractivity contribution < 1.29 is 0 Å². The monoisotopic (exact) mass is 220 g/mol. The summed E-state index contributed by atoms with van der Waals surface area (Å²) in [6.45, 7) is 4.49. The van der Waals surface area contributed by atoms with Crippen molar-refractivity contribution in [2.45, 2.75) is 64.6 Å². The Labute approximate surface area is 99.0 Å². The Balaban J connectivity index is 1.64. The number of nitrogens with one attached hydrogen (secondary N) is 1. The average Bonchev–Trinajstić information content (AvgIpc) is 3.02. The van der Waals surface area contributed by atoms with Crippen LogP contribution in [-0.2, 0) is 13.1 Å². The van der Waals surface area contributed by atoms with Crippen LogP contribution in [0.1, 0.15) is 51.0 Å². The van der Waals surface area contributed by atoms with E-state index in [0.717, 1.165) is 12.6 Å². The molecule has 1 saturated carbocycles. The molecule has 0 aromatic carbocycles. The SMILES string of the molecule is CCCCCCn1ccc(CNC2CC2)c1.